The summed E-state index contributed by atoms with van der Waals surface area (Å²) >= 11 is 1.43. The topological polar surface area (TPSA) is 217 Å². The number of nitrogens with one attached hydrogen (secondary N) is 4. The van der Waals surface area contributed by atoms with Crippen molar-refractivity contribution in [3.63, 3.8) is 0 Å². The number of carboxylic acid groups (broad SMARTS) is 2. The second-order valence-electron chi connectivity index (χ2n) is 6.50. The largest absolute Gasteiger partial charge is 0.481 e. The predicted molar refractivity (Wildman–Crippen MR) is 110 cm³/mol. The van der Waals surface area contributed by atoms with Gasteiger partial charge in [-0.1, -0.05) is 0 Å². The van der Waals surface area contributed by atoms with Crippen LogP contribution in [0.4, 0.5) is 0 Å². The number of H-pyrrole nitrogens is 1. The first-order valence-electron chi connectivity index (χ1n) is 9.17. The van der Waals surface area contributed by atoms with Gasteiger partial charge < -0.3 is 36.9 Å². The normalized spacial score (nSPS) is 13.5. The molecule has 3 atom stereocenters. The second kappa shape index (κ2) is 13.2. The first-order chi connectivity index (χ1) is 14.6. The fourth-order valence-electron chi connectivity index (χ4n) is 2.45. The highest BCUT2D eigenvalue weighted by molar-refractivity contribution is 7.98. The second-order valence-corrected chi connectivity index (χ2v) is 7.49. The molecule has 0 saturated heterocycles. The first-order valence-corrected chi connectivity index (χ1v) is 10.6. The fourth-order valence-corrected chi connectivity index (χ4v) is 2.92. The molecule has 1 aromatic rings. The van der Waals surface area contributed by atoms with E-state index in [0.29, 0.717) is 11.4 Å². The lowest BCUT2D eigenvalue weighted by Crippen LogP contribution is -2.57. The number of hydrogen-bond acceptors (Lipinski definition) is 8. The van der Waals surface area contributed by atoms with Gasteiger partial charge in [0.25, 0.3) is 0 Å². The van der Waals surface area contributed by atoms with E-state index in [1.54, 1.807) is 6.26 Å². The number of carbonyl (C=O) groups excluding carboxylic acids is 3. The molecule has 1 heterocycles. The van der Waals surface area contributed by atoms with Crippen molar-refractivity contribution in [3.8, 4) is 0 Å². The van der Waals surface area contributed by atoms with Crippen LogP contribution in [-0.2, 0) is 30.4 Å². The van der Waals surface area contributed by atoms with Crippen molar-refractivity contribution >= 4 is 41.4 Å². The first kappa shape index (κ1) is 25.9. The molecule has 0 saturated carbocycles. The number of amides is 3. The van der Waals surface area contributed by atoms with Crippen LogP contribution in [0.15, 0.2) is 12.5 Å². The highest BCUT2D eigenvalue weighted by atomic mass is 32.2. The lowest BCUT2D eigenvalue weighted by Gasteiger charge is -2.23. The highest BCUT2D eigenvalue weighted by Crippen LogP contribution is 2.05. The van der Waals surface area contributed by atoms with E-state index >= 15 is 0 Å². The molecule has 8 N–H and O–H groups in total. The summed E-state index contributed by atoms with van der Waals surface area (Å²) in [5.41, 5.74) is 6.06. The van der Waals surface area contributed by atoms with Crippen LogP contribution in [0.2, 0.25) is 0 Å². The van der Waals surface area contributed by atoms with Gasteiger partial charge in [0.1, 0.15) is 18.6 Å². The Labute approximate surface area is 181 Å². The van der Waals surface area contributed by atoms with E-state index < -0.39 is 60.8 Å². The van der Waals surface area contributed by atoms with E-state index in [-0.39, 0.29) is 12.8 Å². The molecule has 13 nitrogen and oxygen atoms in total. The van der Waals surface area contributed by atoms with Gasteiger partial charge in [-0.2, -0.15) is 11.8 Å². The summed E-state index contributed by atoms with van der Waals surface area (Å²) in [5, 5.41) is 24.6. The van der Waals surface area contributed by atoms with Crippen LogP contribution in [0.3, 0.4) is 0 Å². The van der Waals surface area contributed by atoms with Crippen LogP contribution in [0.1, 0.15) is 18.5 Å². The van der Waals surface area contributed by atoms with Crippen molar-refractivity contribution < 1.29 is 34.2 Å². The van der Waals surface area contributed by atoms with Gasteiger partial charge >= 0.3 is 11.9 Å². The number of hydrogen-bond donors (Lipinski definition) is 7. The van der Waals surface area contributed by atoms with Crippen molar-refractivity contribution in [2.24, 2.45) is 5.73 Å². The number of nitrogens with two attached hydrogens (primary N) is 1. The maximum atomic E-state index is 12.8. The van der Waals surface area contributed by atoms with E-state index in [9.17, 15) is 24.0 Å². The summed E-state index contributed by atoms with van der Waals surface area (Å²) in [5.74, 6) is -4.25. The zero-order valence-corrected chi connectivity index (χ0v) is 17.6. The molecule has 172 valence electrons. The lowest BCUT2D eigenvalue weighted by molar-refractivity contribution is -0.139. The summed E-state index contributed by atoms with van der Waals surface area (Å²) in [6, 6.07) is -3.59. The van der Waals surface area contributed by atoms with Gasteiger partial charge in [0.15, 0.2) is 0 Å². The van der Waals surface area contributed by atoms with Gasteiger partial charge in [-0.3, -0.25) is 24.0 Å². The van der Waals surface area contributed by atoms with Gasteiger partial charge in [-0.05, 0) is 18.4 Å². The molecule has 1 aromatic heterocycles. The maximum absolute atomic E-state index is 12.8. The molecule has 0 aliphatic carbocycles. The van der Waals surface area contributed by atoms with E-state index in [2.05, 4.69) is 25.9 Å². The van der Waals surface area contributed by atoms with Crippen molar-refractivity contribution in [1.29, 1.82) is 0 Å². The van der Waals surface area contributed by atoms with Crippen molar-refractivity contribution in [2.45, 2.75) is 37.4 Å². The quantitative estimate of drug-likeness (QED) is 0.158. The average Bonchev–Trinajstić information content (AvgIpc) is 3.21. The number of rotatable bonds is 14. The van der Waals surface area contributed by atoms with Crippen molar-refractivity contribution in [1.82, 2.24) is 25.9 Å². The van der Waals surface area contributed by atoms with Crippen LogP contribution < -0.4 is 21.7 Å². The Morgan fingerprint density at radius 2 is 1.77 bits per heavy atom. The number of carbonyl (C=O) groups is 5. The zero-order valence-electron chi connectivity index (χ0n) is 16.8. The molecule has 1 rings (SSSR count). The zero-order chi connectivity index (χ0) is 23.4. The van der Waals surface area contributed by atoms with Crippen LogP contribution >= 0.6 is 11.8 Å². The number of nitrogens with zero attached hydrogens (tertiary/aromatic N) is 1. The number of carboxylic acids is 2. The molecule has 0 aliphatic rings. The Bertz CT molecular complexity index is 773. The smallest absolute Gasteiger partial charge is 0.322 e. The average molecular weight is 458 g/mol. The molecule has 0 aromatic carbocycles. The number of aromatic amines is 1. The van der Waals surface area contributed by atoms with E-state index in [1.165, 1.54) is 24.3 Å². The molecular weight excluding hydrogens is 432 g/mol. The summed E-state index contributed by atoms with van der Waals surface area (Å²) in [6.07, 6.45) is 4.19. The van der Waals surface area contributed by atoms with Crippen LogP contribution in [0, 0.1) is 0 Å². The standard InChI is InChI=1S/C17H26N6O7S/c1-31-3-2-11(16(29)20-7-14(26)27)22-17(30)12(4-9-6-19-8-21-9)23-15(28)10(18)5-13(24)25/h6,8,10-12H,2-5,7,18H2,1H3,(H,19,21)(H,20,29)(H,22,30)(H,23,28)(H,24,25)(H,26,27). The summed E-state index contributed by atoms with van der Waals surface area (Å²) in [6.45, 7) is -0.608. The molecule has 3 amide bonds. The van der Waals surface area contributed by atoms with Gasteiger partial charge in [0, 0.05) is 18.3 Å². The molecule has 0 fully saturated rings. The highest BCUT2D eigenvalue weighted by Gasteiger charge is 2.29. The predicted octanol–water partition coefficient (Wildman–Crippen LogP) is -2.32. The van der Waals surface area contributed by atoms with E-state index in [1.807, 2.05) is 0 Å². The SMILES string of the molecule is CSCCC(NC(=O)C(Cc1cnc[nH]1)NC(=O)C(N)CC(=O)O)C(=O)NCC(=O)O. The molecule has 0 bridgehead atoms. The third kappa shape index (κ3) is 9.95. The van der Waals surface area contributed by atoms with Crippen molar-refractivity contribution in [3.05, 3.63) is 18.2 Å². The van der Waals surface area contributed by atoms with E-state index in [0.717, 1.165) is 0 Å². The number of thioether (sulfide) groups is 1. The van der Waals surface area contributed by atoms with Gasteiger partial charge in [0.05, 0.1) is 18.8 Å². The number of aromatic nitrogens is 2. The Hall–Kier alpha value is -3.13. The molecule has 0 aliphatic heterocycles. The Kier molecular flexibility index (Phi) is 11.1. The summed E-state index contributed by atoms with van der Waals surface area (Å²) in [4.78, 5) is 65.5. The molecule has 0 radical (unpaired) electrons. The third-order valence-corrected chi connectivity index (χ3v) is 4.64. The summed E-state index contributed by atoms with van der Waals surface area (Å²) < 4.78 is 0. The molecule has 14 heteroatoms. The van der Waals surface area contributed by atoms with E-state index in [4.69, 9.17) is 15.9 Å². The number of aliphatic carboxylic acids is 2. The minimum absolute atomic E-state index is 0.0244. The van der Waals surface area contributed by atoms with Crippen LogP contribution in [0.5, 0.6) is 0 Å². The fraction of sp³-hybridized carbons (Fsp3) is 0.529. The van der Waals surface area contributed by atoms with Crippen molar-refractivity contribution in [2.75, 3.05) is 18.6 Å². The van der Waals surface area contributed by atoms with Gasteiger partial charge in [0.2, 0.25) is 17.7 Å². The third-order valence-electron chi connectivity index (χ3n) is 4.00. The molecule has 31 heavy (non-hydrogen) atoms. The summed E-state index contributed by atoms with van der Waals surface area (Å²) in [7, 11) is 0. The number of imidazole rings is 1. The molecular formula is C17H26N6O7S. The monoisotopic (exact) mass is 458 g/mol. The minimum atomic E-state index is -1.37. The lowest BCUT2D eigenvalue weighted by atomic mass is 10.1. The minimum Gasteiger partial charge on any atom is -0.481 e. The maximum Gasteiger partial charge on any atom is 0.322 e. The Balaban J connectivity index is 2.93. The van der Waals surface area contributed by atoms with Crippen LogP contribution in [-0.4, -0.2) is 86.5 Å². The van der Waals surface area contributed by atoms with Gasteiger partial charge in [-0.25, -0.2) is 4.98 Å². The molecule has 3 unspecified atom stereocenters. The van der Waals surface area contributed by atoms with Gasteiger partial charge in [-0.15, -0.1) is 0 Å². The molecule has 0 spiro atoms. The Morgan fingerprint density at radius 1 is 1.10 bits per heavy atom. The van der Waals surface area contributed by atoms with Crippen LogP contribution in [0.25, 0.3) is 0 Å². The Morgan fingerprint density at radius 3 is 2.32 bits per heavy atom.